The number of rotatable bonds is 8. The highest BCUT2D eigenvalue weighted by atomic mass is 19.1. The first kappa shape index (κ1) is 20.1. The van der Waals surface area contributed by atoms with Crippen molar-refractivity contribution in [2.45, 2.75) is 52.1 Å². The molecular weight excluding hydrogens is 359 g/mol. The van der Waals surface area contributed by atoms with Gasteiger partial charge in [-0.1, -0.05) is 12.1 Å². The first-order chi connectivity index (χ1) is 13.7. The SMILES string of the molecule is CCNC(=NCCCn1nc2n(c1=O)CCCC2)NCCc1cccc(F)c1. The van der Waals surface area contributed by atoms with Gasteiger partial charge in [-0.05, 0) is 50.3 Å². The van der Waals surface area contributed by atoms with Crippen LogP contribution in [-0.2, 0) is 25.9 Å². The molecule has 8 heteroatoms. The van der Waals surface area contributed by atoms with Gasteiger partial charge in [0.25, 0.3) is 0 Å². The van der Waals surface area contributed by atoms with Crippen LogP contribution in [-0.4, -0.2) is 39.9 Å². The molecule has 1 aromatic heterocycles. The van der Waals surface area contributed by atoms with Crippen LogP contribution >= 0.6 is 0 Å². The molecule has 0 atom stereocenters. The van der Waals surface area contributed by atoms with Gasteiger partial charge in [-0.2, -0.15) is 5.10 Å². The number of hydrogen-bond acceptors (Lipinski definition) is 3. The Labute approximate surface area is 164 Å². The summed E-state index contributed by atoms with van der Waals surface area (Å²) in [6, 6.07) is 6.63. The summed E-state index contributed by atoms with van der Waals surface area (Å²) in [5, 5.41) is 10.9. The number of halogens is 1. The van der Waals surface area contributed by atoms with E-state index in [0.29, 0.717) is 19.6 Å². The maximum atomic E-state index is 13.2. The fraction of sp³-hybridized carbons (Fsp3) is 0.550. The number of nitrogens with one attached hydrogen (secondary N) is 2. The van der Waals surface area contributed by atoms with Crippen molar-refractivity contribution in [2.24, 2.45) is 4.99 Å². The molecular formula is C20H29FN6O. The van der Waals surface area contributed by atoms with Crippen LogP contribution in [0.3, 0.4) is 0 Å². The smallest absolute Gasteiger partial charge is 0.345 e. The number of guanidine groups is 1. The first-order valence-electron chi connectivity index (χ1n) is 10.1. The molecule has 2 aromatic rings. The topological polar surface area (TPSA) is 76.2 Å². The molecule has 1 aliphatic heterocycles. The zero-order valence-electron chi connectivity index (χ0n) is 16.5. The summed E-state index contributed by atoms with van der Waals surface area (Å²) in [5.74, 6) is 1.43. The molecule has 1 aromatic carbocycles. The Kier molecular flexibility index (Phi) is 7.22. The molecule has 3 rings (SSSR count). The normalized spacial score (nSPS) is 14.0. The Morgan fingerprint density at radius 1 is 1.32 bits per heavy atom. The van der Waals surface area contributed by atoms with E-state index in [0.717, 1.165) is 62.5 Å². The van der Waals surface area contributed by atoms with Gasteiger partial charge in [0.15, 0.2) is 5.96 Å². The van der Waals surface area contributed by atoms with Crippen molar-refractivity contribution in [1.29, 1.82) is 0 Å². The van der Waals surface area contributed by atoms with Crippen molar-refractivity contribution in [1.82, 2.24) is 25.0 Å². The van der Waals surface area contributed by atoms with Crippen LogP contribution in [0.15, 0.2) is 34.1 Å². The van der Waals surface area contributed by atoms with E-state index >= 15 is 0 Å². The van der Waals surface area contributed by atoms with E-state index in [1.54, 1.807) is 21.4 Å². The minimum atomic E-state index is -0.214. The van der Waals surface area contributed by atoms with Crippen molar-refractivity contribution < 1.29 is 4.39 Å². The van der Waals surface area contributed by atoms with E-state index in [2.05, 4.69) is 20.7 Å². The van der Waals surface area contributed by atoms with Gasteiger partial charge in [0, 0.05) is 39.1 Å². The zero-order chi connectivity index (χ0) is 19.8. The quantitative estimate of drug-likeness (QED) is 0.410. The minimum absolute atomic E-state index is 0.00111. The van der Waals surface area contributed by atoms with Crippen LogP contribution in [0.1, 0.15) is 37.6 Å². The highest BCUT2D eigenvalue weighted by Gasteiger charge is 2.16. The van der Waals surface area contributed by atoms with Crippen molar-refractivity contribution in [3.8, 4) is 0 Å². The summed E-state index contributed by atoms with van der Waals surface area (Å²) in [5.41, 5.74) is 0.949. The summed E-state index contributed by atoms with van der Waals surface area (Å²) in [6.45, 7) is 5.40. The average molecular weight is 388 g/mol. The van der Waals surface area contributed by atoms with Crippen LogP contribution in [0, 0.1) is 5.82 Å². The molecule has 2 N–H and O–H groups in total. The Morgan fingerprint density at radius 3 is 3.00 bits per heavy atom. The number of aryl methyl sites for hydroxylation is 2. The molecule has 28 heavy (non-hydrogen) atoms. The van der Waals surface area contributed by atoms with E-state index < -0.39 is 0 Å². The molecule has 152 valence electrons. The fourth-order valence-corrected chi connectivity index (χ4v) is 3.36. The maximum Gasteiger partial charge on any atom is 0.345 e. The molecule has 1 aliphatic rings. The predicted molar refractivity (Wildman–Crippen MR) is 108 cm³/mol. The van der Waals surface area contributed by atoms with Crippen LogP contribution in [0.5, 0.6) is 0 Å². The molecule has 0 unspecified atom stereocenters. The minimum Gasteiger partial charge on any atom is -0.357 e. The Balaban J connectivity index is 1.46. The molecule has 0 saturated heterocycles. The van der Waals surface area contributed by atoms with Crippen LogP contribution < -0.4 is 16.3 Å². The summed E-state index contributed by atoms with van der Waals surface area (Å²) >= 11 is 0. The van der Waals surface area contributed by atoms with Gasteiger partial charge in [0.2, 0.25) is 0 Å². The summed E-state index contributed by atoms with van der Waals surface area (Å²) in [7, 11) is 0. The number of nitrogens with zero attached hydrogens (tertiary/aromatic N) is 4. The standard InChI is InChI=1S/C20H29FN6O/c1-2-22-19(24-12-10-16-7-5-8-17(21)15-16)23-11-6-14-27-20(28)26-13-4-3-9-18(26)25-27/h5,7-8,15H,2-4,6,9-14H2,1H3,(H2,22,23,24). The molecule has 0 saturated carbocycles. The van der Waals surface area contributed by atoms with Crippen LogP contribution in [0.2, 0.25) is 0 Å². The third kappa shape index (κ3) is 5.43. The number of hydrogen-bond donors (Lipinski definition) is 2. The van der Waals surface area contributed by atoms with E-state index in [-0.39, 0.29) is 11.5 Å². The largest absolute Gasteiger partial charge is 0.357 e. The monoisotopic (exact) mass is 388 g/mol. The summed E-state index contributed by atoms with van der Waals surface area (Å²) in [4.78, 5) is 16.9. The van der Waals surface area contributed by atoms with Gasteiger partial charge in [-0.15, -0.1) is 0 Å². The number of aromatic nitrogens is 3. The number of fused-ring (bicyclic) bond motifs is 1. The fourth-order valence-electron chi connectivity index (χ4n) is 3.36. The van der Waals surface area contributed by atoms with Gasteiger partial charge < -0.3 is 10.6 Å². The van der Waals surface area contributed by atoms with Gasteiger partial charge in [0.05, 0.1) is 0 Å². The van der Waals surface area contributed by atoms with E-state index in [4.69, 9.17) is 0 Å². The second-order valence-electron chi connectivity index (χ2n) is 6.95. The van der Waals surface area contributed by atoms with E-state index in [1.807, 2.05) is 13.0 Å². The number of aliphatic imine (C=N–C) groups is 1. The van der Waals surface area contributed by atoms with Gasteiger partial charge in [-0.25, -0.2) is 13.9 Å². The molecule has 0 fully saturated rings. The van der Waals surface area contributed by atoms with Crippen molar-refractivity contribution in [2.75, 3.05) is 19.6 Å². The van der Waals surface area contributed by atoms with E-state index in [1.165, 1.54) is 6.07 Å². The molecule has 2 heterocycles. The lowest BCUT2D eigenvalue weighted by Gasteiger charge is -2.11. The molecule has 0 bridgehead atoms. The third-order valence-corrected chi connectivity index (χ3v) is 4.77. The highest BCUT2D eigenvalue weighted by molar-refractivity contribution is 5.79. The Morgan fingerprint density at radius 2 is 2.21 bits per heavy atom. The Hall–Kier alpha value is -2.64. The molecule has 0 radical (unpaired) electrons. The second-order valence-corrected chi connectivity index (χ2v) is 6.95. The van der Waals surface area contributed by atoms with Crippen molar-refractivity contribution >= 4 is 5.96 Å². The first-order valence-corrected chi connectivity index (χ1v) is 10.1. The second kappa shape index (κ2) is 10.1. The highest BCUT2D eigenvalue weighted by Crippen LogP contribution is 2.09. The average Bonchev–Trinajstić information content (AvgIpc) is 3.01. The zero-order valence-corrected chi connectivity index (χ0v) is 16.5. The van der Waals surface area contributed by atoms with Crippen molar-refractivity contribution in [3.05, 3.63) is 52.0 Å². The third-order valence-electron chi connectivity index (χ3n) is 4.77. The Bertz CT molecular complexity index is 857. The summed E-state index contributed by atoms with van der Waals surface area (Å²) < 4.78 is 16.6. The molecule has 0 amide bonds. The van der Waals surface area contributed by atoms with Crippen molar-refractivity contribution in [3.63, 3.8) is 0 Å². The maximum absolute atomic E-state index is 13.2. The molecule has 7 nitrogen and oxygen atoms in total. The molecule has 0 aliphatic carbocycles. The predicted octanol–water partition coefficient (Wildman–Crippen LogP) is 1.71. The number of benzene rings is 1. The van der Waals surface area contributed by atoms with E-state index in [9.17, 15) is 9.18 Å². The lowest BCUT2D eigenvalue weighted by atomic mass is 10.1. The molecule has 0 spiro atoms. The van der Waals surface area contributed by atoms with Crippen LogP contribution in [0.4, 0.5) is 4.39 Å². The lowest BCUT2D eigenvalue weighted by molar-refractivity contribution is 0.509. The van der Waals surface area contributed by atoms with Crippen LogP contribution in [0.25, 0.3) is 0 Å². The van der Waals surface area contributed by atoms with Gasteiger partial charge in [0.1, 0.15) is 11.6 Å². The lowest BCUT2D eigenvalue weighted by Crippen LogP contribution is -2.38. The van der Waals surface area contributed by atoms with Gasteiger partial charge >= 0.3 is 5.69 Å². The summed E-state index contributed by atoms with van der Waals surface area (Å²) in [6.07, 6.45) is 4.51. The van der Waals surface area contributed by atoms with Gasteiger partial charge in [-0.3, -0.25) is 9.56 Å².